The van der Waals surface area contributed by atoms with Gasteiger partial charge in [0.05, 0.1) is 6.10 Å². The second-order valence-corrected chi connectivity index (χ2v) is 5.34. The number of hydrogen-bond acceptors (Lipinski definition) is 4. The van der Waals surface area contributed by atoms with Crippen LogP contribution in [-0.2, 0) is 0 Å². The van der Waals surface area contributed by atoms with Crippen molar-refractivity contribution in [3.8, 4) is 5.75 Å². The molecule has 4 N–H and O–H groups in total. The van der Waals surface area contributed by atoms with Gasteiger partial charge in [-0.15, -0.1) is 0 Å². The highest BCUT2D eigenvalue weighted by atomic mass is 16.4. The topological polar surface area (TPSA) is 110 Å². The predicted octanol–water partition coefficient (Wildman–Crippen LogP) is 1.33. The Hall–Kier alpha value is -2.28. The number of carbonyl (C=O) groups is 2. The SMILES string of the molecule is CN(CC1CC(O)C1)C(=O)Nc1ccc(O)c(C(=O)O)c1. The molecule has 0 aliphatic heterocycles. The van der Waals surface area contributed by atoms with Crippen LogP contribution < -0.4 is 5.32 Å². The molecule has 0 unspecified atom stereocenters. The Labute approximate surface area is 121 Å². The van der Waals surface area contributed by atoms with Crippen LogP contribution in [0, 0.1) is 5.92 Å². The van der Waals surface area contributed by atoms with Gasteiger partial charge in [0, 0.05) is 19.3 Å². The van der Waals surface area contributed by atoms with Crippen molar-refractivity contribution in [2.24, 2.45) is 5.92 Å². The van der Waals surface area contributed by atoms with E-state index in [1.165, 1.54) is 23.1 Å². The number of anilines is 1. The Balaban J connectivity index is 1.95. The molecule has 114 valence electrons. The zero-order valence-electron chi connectivity index (χ0n) is 11.6. The molecule has 0 atom stereocenters. The number of carbonyl (C=O) groups excluding carboxylic acids is 1. The third-order valence-electron chi connectivity index (χ3n) is 3.57. The molecule has 1 fully saturated rings. The molecule has 2 rings (SSSR count). The van der Waals surface area contributed by atoms with E-state index in [0.717, 1.165) is 0 Å². The number of carboxylic acid groups (broad SMARTS) is 1. The van der Waals surface area contributed by atoms with Gasteiger partial charge < -0.3 is 25.5 Å². The smallest absolute Gasteiger partial charge is 0.339 e. The monoisotopic (exact) mass is 294 g/mol. The minimum atomic E-state index is -1.26. The van der Waals surface area contributed by atoms with E-state index in [0.29, 0.717) is 31.0 Å². The van der Waals surface area contributed by atoms with Gasteiger partial charge in [0.15, 0.2) is 0 Å². The van der Waals surface area contributed by atoms with E-state index in [-0.39, 0.29) is 23.4 Å². The van der Waals surface area contributed by atoms with Gasteiger partial charge in [0.25, 0.3) is 0 Å². The lowest BCUT2D eigenvalue weighted by atomic mass is 9.82. The maximum absolute atomic E-state index is 12.0. The van der Waals surface area contributed by atoms with Crippen molar-refractivity contribution in [3.63, 3.8) is 0 Å². The van der Waals surface area contributed by atoms with Gasteiger partial charge in [0.1, 0.15) is 11.3 Å². The molecule has 1 saturated carbocycles. The minimum Gasteiger partial charge on any atom is -0.507 e. The zero-order valence-corrected chi connectivity index (χ0v) is 11.6. The van der Waals surface area contributed by atoms with Crippen LogP contribution >= 0.6 is 0 Å². The number of hydrogen-bond donors (Lipinski definition) is 4. The Bertz CT molecular complexity index is 554. The van der Waals surface area contributed by atoms with E-state index in [1.807, 2.05) is 0 Å². The van der Waals surface area contributed by atoms with E-state index in [9.17, 15) is 19.8 Å². The molecule has 1 aromatic carbocycles. The summed E-state index contributed by atoms with van der Waals surface area (Å²) in [5.41, 5.74) is 0.0354. The molecule has 0 aromatic heterocycles. The van der Waals surface area contributed by atoms with E-state index < -0.39 is 5.97 Å². The zero-order chi connectivity index (χ0) is 15.6. The number of nitrogens with zero attached hydrogens (tertiary/aromatic N) is 1. The molecular weight excluding hydrogens is 276 g/mol. The number of phenols is 1. The quantitative estimate of drug-likeness (QED) is 0.626. The number of aliphatic hydroxyl groups is 1. The van der Waals surface area contributed by atoms with Crippen molar-refractivity contribution in [2.75, 3.05) is 18.9 Å². The van der Waals surface area contributed by atoms with Crippen LogP contribution in [0.4, 0.5) is 10.5 Å². The number of nitrogens with one attached hydrogen (secondary N) is 1. The van der Waals surface area contributed by atoms with Gasteiger partial charge >= 0.3 is 12.0 Å². The van der Waals surface area contributed by atoms with Crippen LogP contribution in [0.25, 0.3) is 0 Å². The van der Waals surface area contributed by atoms with Gasteiger partial charge in [-0.05, 0) is 37.0 Å². The van der Waals surface area contributed by atoms with Gasteiger partial charge in [-0.25, -0.2) is 9.59 Å². The fourth-order valence-corrected chi connectivity index (χ4v) is 2.32. The lowest BCUT2D eigenvalue weighted by molar-refractivity contribution is 0.0332. The number of rotatable bonds is 4. The summed E-state index contributed by atoms with van der Waals surface area (Å²) in [6, 6.07) is 3.50. The Morgan fingerprint density at radius 1 is 1.38 bits per heavy atom. The molecule has 0 radical (unpaired) electrons. The summed E-state index contributed by atoms with van der Waals surface area (Å²) < 4.78 is 0. The van der Waals surface area contributed by atoms with Crippen molar-refractivity contribution in [1.82, 2.24) is 4.90 Å². The number of amides is 2. The average Bonchev–Trinajstić information content (AvgIpc) is 2.38. The van der Waals surface area contributed by atoms with E-state index in [2.05, 4.69) is 5.32 Å². The highest BCUT2D eigenvalue weighted by molar-refractivity contribution is 5.95. The predicted molar refractivity (Wildman–Crippen MR) is 75.4 cm³/mol. The fourth-order valence-electron chi connectivity index (χ4n) is 2.32. The number of aromatic carboxylic acids is 1. The molecule has 0 bridgehead atoms. The first-order chi connectivity index (χ1) is 9.86. The first-order valence-corrected chi connectivity index (χ1v) is 6.63. The first-order valence-electron chi connectivity index (χ1n) is 6.63. The molecule has 2 amide bonds. The summed E-state index contributed by atoms with van der Waals surface area (Å²) >= 11 is 0. The molecule has 1 aliphatic rings. The van der Waals surface area contributed by atoms with Crippen LogP contribution in [-0.4, -0.2) is 51.9 Å². The van der Waals surface area contributed by atoms with Gasteiger partial charge in [0.2, 0.25) is 0 Å². The standard InChI is InChI=1S/C14H18N2O5/c1-16(7-8-4-10(17)5-8)14(21)15-9-2-3-12(18)11(6-9)13(19)20/h2-3,6,8,10,17-18H,4-5,7H2,1H3,(H,15,21)(H,19,20). The van der Waals surface area contributed by atoms with Crippen LogP contribution in [0.1, 0.15) is 23.2 Å². The summed E-state index contributed by atoms with van der Waals surface area (Å²) in [7, 11) is 1.64. The highest BCUT2D eigenvalue weighted by Crippen LogP contribution is 2.28. The lowest BCUT2D eigenvalue weighted by Gasteiger charge is -2.34. The summed E-state index contributed by atoms with van der Waals surface area (Å²) in [6.07, 6.45) is 1.13. The molecule has 7 heteroatoms. The maximum atomic E-state index is 12.0. The largest absolute Gasteiger partial charge is 0.507 e. The molecule has 21 heavy (non-hydrogen) atoms. The highest BCUT2D eigenvalue weighted by Gasteiger charge is 2.29. The van der Waals surface area contributed by atoms with Crippen molar-refractivity contribution < 1.29 is 24.9 Å². The Morgan fingerprint density at radius 2 is 2.05 bits per heavy atom. The number of urea groups is 1. The van der Waals surface area contributed by atoms with Crippen LogP contribution in [0.2, 0.25) is 0 Å². The lowest BCUT2D eigenvalue weighted by Crippen LogP contribution is -2.41. The molecule has 1 aliphatic carbocycles. The Morgan fingerprint density at radius 3 is 2.62 bits per heavy atom. The second kappa shape index (κ2) is 6.01. The number of aliphatic hydroxyl groups excluding tert-OH is 1. The fraction of sp³-hybridized carbons (Fsp3) is 0.429. The molecule has 0 saturated heterocycles. The van der Waals surface area contributed by atoms with E-state index in [1.54, 1.807) is 7.05 Å². The van der Waals surface area contributed by atoms with Crippen molar-refractivity contribution >= 4 is 17.7 Å². The first kappa shape index (κ1) is 15.1. The van der Waals surface area contributed by atoms with Gasteiger partial charge in [-0.1, -0.05) is 0 Å². The van der Waals surface area contributed by atoms with Crippen molar-refractivity contribution in [2.45, 2.75) is 18.9 Å². The third kappa shape index (κ3) is 3.63. The Kier molecular flexibility index (Phi) is 4.32. The third-order valence-corrected chi connectivity index (χ3v) is 3.57. The molecule has 1 aromatic rings. The number of carboxylic acids is 1. The number of aromatic hydroxyl groups is 1. The summed E-state index contributed by atoms with van der Waals surface area (Å²) in [5, 5.41) is 30.1. The normalized spacial score (nSPS) is 20.5. The minimum absolute atomic E-state index is 0.262. The summed E-state index contributed by atoms with van der Waals surface area (Å²) in [4.78, 5) is 24.4. The van der Waals surface area contributed by atoms with Crippen LogP contribution in [0.5, 0.6) is 5.75 Å². The summed E-state index contributed by atoms with van der Waals surface area (Å²) in [6.45, 7) is 0.534. The van der Waals surface area contributed by atoms with E-state index >= 15 is 0 Å². The van der Waals surface area contributed by atoms with Gasteiger partial charge in [-0.2, -0.15) is 0 Å². The van der Waals surface area contributed by atoms with E-state index in [4.69, 9.17) is 5.11 Å². The number of benzene rings is 1. The summed E-state index contributed by atoms with van der Waals surface area (Å²) in [5.74, 6) is -1.32. The van der Waals surface area contributed by atoms with Gasteiger partial charge in [-0.3, -0.25) is 0 Å². The molecular formula is C14H18N2O5. The van der Waals surface area contributed by atoms with Crippen LogP contribution in [0.15, 0.2) is 18.2 Å². The second-order valence-electron chi connectivity index (χ2n) is 5.34. The van der Waals surface area contributed by atoms with Crippen LogP contribution in [0.3, 0.4) is 0 Å². The van der Waals surface area contributed by atoms with Crippen molar-refractivity contribution in [3.05, 3.63) is 23.8 Å². The molecule has 0 spiro atoms. The average molecular weight is 294 g/mol. The molecule has 0 heterocycles. The maximum Gasteiger partial charge on any atom is 0.339 e. The molecule has 7 nitrogen and oxygen atoms in total. The van der Waals surface area contributed by atoms with Crippen molar-refractivity contribution in [1.29, 1.82) is 0 Å².